The lowest BCUT2D eigenvalue weighted by molar-refractivity contribution is 0.0600. The minimum absolute atomic E-state index is 0.213. The van der Waals surface area contributed by atoms with Crippen molar-refractivity contribution in [1.29, 1.82) is 0 Å². The number of hydrogen-bond acceptors (Lipinski definition) is 6. The lowest BCUT2D eigenvalue weighted by atomic mass is 10.2. The van der Waals surface area contributed by atoms with Crippen LogP contribution in [0.1, 0.15) is 26.3 Å². The van der Waals surface area contributed by atoms with Gasteiger partial charge in [-0.3, -0.25) is 4.79 Å². The third-order valence-corrected chi connectivity index (χ3v) is 4.19. The van der Waals surface area contributed by atoms with E-state index in [2.05, 4.69) is 15.6 Å². The number of esters is 1. The van der Waals surface area contributed by atoms with Gasteiger partial charge >= 0.3 is 5.97 Å². The highest BCUT2D eigenvalue weighted by Gasteiger charge is 2.09. The molecule has 7 nitrogen and oxygen atoms in total. The summed E-state index contributed by atoms with van der Waals surface area (Å²) in [6, 6.07) is 17.6. The Kier molecular flexibility index (Phi) is 6.42. The zero-order chi connectivity index (χ0) is 20.6. The lowest BCUT2D eigenvalue weighted by Crippen LogP contribution is -2.22. The van der Waals surface area contributed by atoms with Crippen LogP contribution in [0.3, 0.4) is 0 Å². The quantitative estimate of drug-likeness (QED) is 0.599. The number of aromatic nitrogens is 1. The molecule has 3 rings (SSSR count). The van der Waals surface area contributed by atoms with Gasteiger partial charge in [0, 0.05) is 24.0 Å². The summed E-state index contributed by atoms with van der Waals surface area (Å²) < 4.78 is 9.85. The Morgan fingerprint density at radius 3 is 2.48 bits per heavy atom. The van der Waals surface area contributed by atoms with Crippen LogP contribution in [0.4, 0.5) is 11.5 Å². The fraction of sp³-hybridized carbons (Fsp3) is 0.136. The summed E-state index contributed by atoms with van der Waals surface area (Å²) in [6.07, 6.45) is 1.55. The summed E-state index contributed by atoms with van der Waals surface area (Å²) in [5.41, 5.74) is 2.52. The minimum atomic E-state index is -0.423. The molecule has 1 amide bonds. The molecule has 0 aliphatic heterocycles. The number of pyridine rings is 1. The second kappa shape index (κ2) is 9.36. The van der Waals surface area contributed by atoms with Crippen LogP contribution in [0, 0.1) is 0 Å². The molecular weight excluding hydrogens is 370 g/mol. The number of hydrogen-bond donors (Lipinski definition) is 2. The molecule has 0 fully saturated rings. The summed E-state index contributed by atoms with van der Waals surface area (Å²) in [5.74, 6) is 0.619. The van der Waals surface area contributed by atoms with Crippen LogP contribution in [-0.2, 0) is 11.3 Å². The molecule has 2 aromatic carbocycles. The average molecular weight is 391 g/mol. The number of carbonyl (C=O) groups is 2. The number of methoxy groups -OCH3 is 2. The molecule has 0 aliphatic carbocycles. The number of rotatable bonds is 7. The van der Waals surface area contributed by atoms with Crippen LogP contribution in [0.2, 0.25) is 0 Å². The number of benzene rings is 2. The van der Waals surface area contributed by atoms with Crippen molar-refractivity contribution in [2.45, 2.75) is 6.54 Å². The first-order chi connectivity index (χ1) is 14.1. The van der Waals surface area contributed by atoms with Crippen LogP contribution in [-0.4, -0.2) is 31.1 Å². The molecule has 0 atom stereocenters. The summed E-state index contributed by atoms with van der Waals surface area (Å²) in [6.45, 7) is 0.398. The van der Waals surface area contributed by atoms with Gasteiger partial charge in [-0.25, -0.2) is 9.78 Å². The summed E-state index contributed by atoms with van der Waals surface area (Å²) in [4.78, 5) is 28.4. The third-order valence-electron chi connectivity index (χ3n) is 4.19. The van der Waals surface area contributed by atoms with E-state index in [0.717, 1.165) is 11.3 Å². The number of nitrogens with one attached hydrogen (secondary N) is 2. The summed E-state index contributed by atoms with van der Waals surface area (Å²) in [5, 5.41) is 5.97. The molecular formula is C22H21N3O4. The first-order valence-corrected chi connectivity index (χ1v) is 8.91. The molecule has 0 saturated heterocycles. The van der Waals surface area contributed by atoms with Crippen LogP contribution in [0.5, 0.6) is 5.75 Å². The van der Waals surface area contributed by atoms with Gasteiger partial charge in [0.25, 0.3) is 5.91 Å². The Balaban J connectivity index is 1.65. The Labute approximate surface area is 168 Å². The molecule has 0 aliphatic rings. The summed E-state index contributed by atoms with van der Waals surface area (Å²) in [7, 11) is 2.94. The number of nitrogens with zero attached hydrogens (tertiary/aromatic N) is 1. The van der Waals surface area contributed by atoms with E-state index in [1.165, 1.54) is 7.11 Å². The second-order valence-electron chi connectivity index (χ2n) is 6.16. The standard InChI is InChI=1S/C22H21N3O4/c1-28-19-8-6-15(7-9-19)14-24-21(26)16-10-11-23-20(13-16)25-18-5-3-4-17(12-18)22(27)29-2/h3-13H,14H2,1-2H3,(H,23,25)(H,24,26). The highest BCUT2D eigenvalue weighted by Crippen LogP contribution is 2.18. The summed E-state index contributed by atoms with van der Waals surface area (Å²) >= 11 is 0. The molecule has 7 heteroatoms. The number of carbonyl (C=O) groups excluding carboxylic acids is 2. The predicted molar refractivity (Wildman–Crippen MR) is 109 cm³/mol. The van der Waals surface area contributed by atoms with Gasteiger partial charge in [0.1, 0.15) is 11.6 Å². The van der Waals surface area contributed by atoms with E-state index in [4.69, 9.17) is 9.47 Å². The van der Waals surface area contributed by atoms with Crippen molar-refractivity contribution in [3.05, 3.63) is 83.6 Å². The van der Waals surface area contributed by atoms with Crippen molar-refractivity contribution in [3.8, 4) is 5.75 Å². The van der Waals surface area contributed by atoms with Crippen molar-refractivity contribution >= 4 is 23.4 Å². The maximum absolute atomic E-state index is 12.5. The van der Waals surface area contributed by atoms with E-state index < -0.39 is 5.97 Å². The Morgan fingerprint density at radius 1 is 0.966 bits per heavy atom. The highest BCUT2D eigenvalue weighted by atomic mass is 16.5. The zero-order valence-corrected chi connectivity index (χ0v) is 16.1. The molecule has 3 aromatic rings. The van der Waals surface area contributed by atoms with Crippen LogP contribution < -0.4 is 15.4 Å². The van der Waals surface area contributed by atoms with Gasteiger partial charge in [-0.05, 0) is 48.0 Å². The highest BCUT2D eigenvalue weighted by molar-refractivity contribution is 5.95. The van der Waals surface area contributed by atoms with Crippen molar-refractivity contribution in [3.63, 3.8) is 0 Å². The van der Waals surface area contributed by atoms with Crippen molar-refractivity contribution < 1.29 is 19.1 Å². The maximum Gasteiger partial charge on any atom is 0.337 e. The van der Waals surface area contributed by atoms with E-state index in [9.17, 15) is 9.59 Å². The van der Waals surface area contributed by atoms with Crippen molar-refractivity contribution in [2.75, 3.05) is 19.5 Å². The van der Waals surface area contributed by atoms with Gasteiger partial charge in [-0.2, -0.15) is 0 Å². The molecule has 0 unspecified atom stereocenters. The van der Waals surface area contributed by atoms with E-state index in [-0.39, 0.29) is 5.91 Å². The Hall–Kier alpha value is -3.87. The molecule has 0 spiro atoms. The Morgan fingerprint density at radius 2 is 1.76 bits per heavy atom. The molecule has 1 heterocycles. The van der Waals surface area contributed by atoms with Crippen LogP contribution in [0.25, 0.3) is 0 Å². The molecule has 2 N–H and O–H groups in total. The van der Waals surface area contributed by atoms with Gasteiger partial charge in [0.2, 0.25) is 0 Å². The normalized spacial score (nSPS) is 10.1. The van der Waals surface area contributed by atoms with E-state index in [1.807, 2.05) is 24.3 Å². The van der Waals surface area contributed by atoms with Crippen molar-refractivity contribution in [1.82, 2.24) is 10.3 Å². The largest absolute Gasteiger partial charge is 0.497 e. The van der Waals surface area contributed by atoms with Gasteiger partial charge in [0.15, 0.2) is 0 Å². The zero-order valence-electron chi connectivity index (χ0n) is 16.1. The fourth-order valence-electron chi connectivity index (χ4n) is 2.66. The number of ether oxygens (including phenoxy) is 2. The van der Waals surface area contributed by atoms with Gasteiger partial charge in [0.05, 0.1) is 19.8 Å². The molecule has 148 valence electrons. The second-order valence-corrected chi connectivity index (χ2v) is 6.16. The molecule has 0 saturated carbocycles. The fourth-order valence-corrected chi connectivity index (χ4v) is 2.66. The van der Waals surface area contributed by atoms with E-state index >= 15 is 0 Å². The smallest absolute Gasteiger partial charge is 0.337 e. The first-order valence-electron chi connectivity index (χ1n) is 8.91. The van der Waals surface area contributed by atoms with Crippen LogP contribution in [0.15, 0.2) is 66.9 Å². The minimum Gasteiger partial charge on any atom is -0.497 e. The number of amides is 1. The average Bonchev–Trinajstić information content (AvgIpc) is 2.77. The predicted octanol–water partition coefficient (Wildman–Crippen LogP) is 3.55. The van der Waals surface area contributed by atoms with Gasteiger partial charge in [-0.1, -0.05) is 18.2 Å². The van der Waals surface area contributed by atoms with Crippen molar-refractivity contribution in [2.24, 2.45) is 0 Å². The SMILES string of the molecule is COC(=O)c1cccc(Nc2cc(C(=O)NCc3ccc(OC)cc3)ccn2)c1. The monoisotopic (exact) mass is 391 g/mol. The first kappa shape index (κ1) is 19.9. The Bertz CT molecular complexity index is 1000. The van der Waals surface area contributed by atoms with Gasteiger partial charge in [-0.15, -0.1) is 0 Å². The molecule has 0 radical (unpaired) electrons. The van der Waals surface area contributed by atoms with Crippen LogP contribution >= 0.6 is 0 Å². The van der Waals surface area contributed by atoms with E-state index in [0.29, 0.717) is 29.2 Å². The van der Waals surface area contributed by atoms with Gasteiger partial charge < -0.3 is 20.1 Å². The number of anilines is 2. The topological polar surface area (TPSA) is 89.5 Å². The molecule has 29 heavy (non-hydrogen) atoms. The molecule has 1 aromatic heterocycles. The maximum atomic E-state index is 12.5. The molecule has 0 bridgehead atoms. The lowest BCUT2D eigenvalue weighted by Gasteiger charge is -2.09. The third kappa shape index (κ3) is 5.32. The van der Waals surface area contributed by atoms with E-state index in [1.54, 1.807) is 49.7 Å².